The fourth-order valence-electron chi connectivity index (χ4n) is 2.28. The molecule has 0 spiro atoms. The number of thiophene rings is 2. The van der Waals surface area contributed by atoms with Gasteiger partial charge in [-0.2, -0.15) is 16.0 Å². The van der Waals surface area contributed by atoms with E-state index in [1.807, 2.05) is 35.2 Å². The summed E-state index contributed by atoms with van der Waals surface area (Å²) in [6.45, 7) is 1.03. The summed E-state index contributed by atoms with van der Waals surface area (Å²) >= 11 is 3.29. The maximum Gasteiger partial charge on any atom is 0.357 e. The fourth-order valence-corrected chi connectivity index (χ4v) is 13.6. The molecule has 1 aliphatic carbocycles. The second-order valence-electron chi connectivity index (χ2n) is 6.90. The molecule has 17 nitrogen and oxygen atoms in total. The van der Waals surface area contributed by atoms with Gasteiger partial charge in [0, 0.05) is 11.5 Å². The van der Waals surface area contributed by atoms with E-state index in [9.17, 15) is 23.3 Å². The number of hydrogen-bond acceptors (Lipinski definition) is 18. The molecule has 0 amide bonds. The Morgan fingerprint density at radius 3 is 2.10 bits per heavy atom. The molecule has 5 atom stereocenters. The summed E-state index contributed by atoms with van der Waals surface area (Å²) in [6.07, 6.45) is 1.56. The van der Waals surface area contributed by atoms with Crippen LogP contribution >= 0.6 is 61.2 Å². The van der Waals surface area contributed by atoms with Crippen molar-refractivity contribution in [2.24, 2.45) is 5.92 Å². The van der Waals surface area contributed by atoms with Crippen LogP contribution < -0.4 is 0 Å². The lowest BCUT2D eigenvalue weighted by atomic mass is 9.97. The first kappa shape index (κ1) is 41.1. The van der Waals surface area contributed by atoms with Crippen molar-refractivity contribution in [3.8, 4) is 0 Å². The van der Waals surface area contributed by atoms with Crippen LogP contribution in [-0.4, -0.2) is 27.4 Å². The van der Waals surface area contributed by atoms with Crippen molar-refractivity contribution < 1.29 is 83.5 Å². The zero-order valence-electron chi connectivity index (χ0n) is 21.9. The standard InChI is InChI=1S/C9H10OS.C5H8O2.C4H4S.H3O14P5/c1-5-6(2)8(10)9-7(5)3-4-11-9;1-3-4(2)5(6)7;1-2-4-5-3-1;1-6-8-10-11-12-14-19(5,16-4)18(15-3)17-13-9-7-2/h3-6H,1-2H3;3H,1-2H3,(H,6,7);1-4H;1-2,17H/b;4-3+;;. The lowest BCUT2D eigenvalue weighted by Crippen LogP contribution is -2.06. The number of allylic oxidation sites excluding steroid dienone is 1. The molecule has 0 aromatic carbocycles. The van der Waals surface area contributed by atoms with Crippen LogP contribution in [-0.2, 0) is 63.1 Å². The van der Waals surface area contributed by atoms with Crippen LogP contribution in [0.15, 0.2) is 46.0 Å². The van der Waals surface area contributed by atoms with Crippen LogP contribution in [0.4, 0.5) is 0 Å². The first-order valence-corrected chi connectivity index (χ1v) is 20.9. The molecular formula is C18H25O17P5S2. The Bertz CT molecular complexity index is 1110. The second kappa shape index (κ2) is 24.5. The van der Waals surface area contributed by atoms with Crippen molar-refractivity contribution in [2.75, 3.05) is 0 Å². The third kappa shape index (κ3) is 15.7. The molecule has 2 aromatic rings. The van der Waals surface area contributed by atoms with Crippen molar-refractivity contribution in [1.29, 1.82) is 0 Å². The number of rotatable bonds is 14. The van der Waals surface area contributed by atoms with Gasteiger partial charge >= 0.3 is 12.7 Å². The molecule has 0 aliphatic heterocycles. The molecule has 236 valence electrons. The molecular weight excluding hydrogens is 707 g/mol. The summed E-state index contributed by atoms with van der Waals surface area (Å²) in [5.74, 6) is 0.131. The number of hydrogen-bond donors (Lipinski definition) is 3. The lowest BCUT2D eigenvalue weighted by molar-refractivity contribution is -0.779. The van der Waals surface area contributed by atoms with Gasteiger partial charge in [0.1, 0.15) is 15.5 Å². The third-order valence-corrected chi connectivity index (χ3v) is 23.6. The van der Waals surface area contributed by atoms with E-state index in [0.29, 0.717) is 17.3 Å². The van der Waals surface area contributed by atoms with Gasteiger partial charge in [-0.1, -0.05) is 32.1 Å². The third-order valence-electron chi connectivity index (χ3n) is 4.61. The Hall–Kier alpha value is -0.870. The van der Waals surface area contributed by atoms with E-state index in [4.69, 9.17) is 15.6 Å². The predicted molar refractivity (Wildman–Crippen MR) is 151 cm³/mol. The quantitative estimate of drug-likeness (QED) is 0.0543. The Balaban J connectivity index is 0.000000605. The van der Waals surface area contributed by atoms with Crippen molar-refractivity contribution in [3.63, 3.8) is 0 Å². The van der Waals surface area contributed by atoms with Crippen molar-refractivity contribution >= 4 is 73.0 Å². The fraction of sp³-hybridized carbons (Fsp3) is 0.333. The molecule has 3 rings (SSSR count). The first-order valence-electron chi connectivity index (χ1n) is 10.6. The van der Waals surface area contributed by atoms with E-state index in [1.54, 1.807) is 42.6 Å². The summed E-state index contributed by atoms with van der Waals surface area (Å²) in [5.41, 5.74) is 1.65. The molecule has 2 aromatic heterocycles. The Kier molecular flexibility index (Phi) is 23.9. The smallest absolute Gasteiger partial charge is 0.357 e. The summed E-state index contributed by atoms with van der Waals surface area (Å²) < 4.78 is 41.4. The molecule has 24 heteroatoms. The number of fused-ring (bicyclic) bond motifs is 1. The molecule has 0 fully saturated rings. The molecule has 1 aliphatic rings. The molecule has 0 radical (unpaired) electrons. The maximum atomic E-state index is 11.8. The largest absolute Gasteiger partial charge is 0.478 e. The Labute approximate surface area is 252 Å². The van der Waals surface area contributed by atoms with Gasteiger partial charge in [-0.15, -0.1) is 16.0 Å². The van der Waals surface area contributed by atoms with Crippen molar-refractivity contribution in [3.05, 3.63) is 56.4 Å². The van der Waals surface area contributed by atoms with E-state index >= 15 is 0 Å². The van der Waals surface area contributed by atoms with Crippen LogP contribution in [0.3, 0.4) is 0 Å². The summed E-state index contributed by atoms with van der Waals surface area (Å²) in [4.78, 5) is 22.3. The topological polar surface area (TPSA) is 229 Å². The highest BCUT2D eigenvalue weighted by molar-refractivity contribution is 8.85. The normalized spacial score (nSPS) is 18.2. The molecule has 0 saturated heterocycles. The van der Waals surface area contributed by atoms with Crippen LogP contribution in [0.1, 0.15) is 48.8 Å². The highest BCUT2D eigenvalue weighted by Gasteiger charge is 2.40. The zero-order valence-corrected chi connectivity index (χ0v) is 28.1. The van der Waals surface area contributed by atoms with Gasteiger partial charge in [0.15, 0.2) is 13.9 Å². The molecule has 0 bridgehead atoms. The van der Waals surface area contributed by atoms with E-state index in [0.717, 1.165) is 4.88 Å². The van der Waals surface area contributed by atoms with Crippen molar-refractivity contribution in [2.45, 2.75) is 33.6 Å². The van der Waals surface area contributed by atoms with E-state index < -0.39 is 44.5 Å². The lowest BCUT2D eigenvalue weighted by Gasteiger charge is -2.11. The summed E-state index contributed by atoms with van der Waals surface area (Å²) in [7, 11) is -2.78. The number of carbonyl (C=O) groups excluding carboxylic acids is 1. The van der Waals surface area contributed by atoms with Gasteiger partial charge in [-0.3, -0.25) is 18.5 Å². The average molecular weight is 732 g/mol. The number of Topliss-reactive ketones (excluding diaryl/α,β-unsaturated/α-hetero) is 1. The van der Waals surface area contributed by atoms with Gasteiger partial charge < -0.3 is 5.11 Å². The van der Waals surface area contributed by atoms with E-state index in [1.165, 1.54) is 5.56 Å². The van der Waals surface area contributed by atoms with Crippen LogP contribution in [0, 0.1) is 5.92 Å². The van der Waals surface area contributed by atoms with Crippen LogP contribution in [0.2, 0.25) is 0 Å². The average Bonchev–Trinajstić information content (AvgIpc) is 3.77. The van der Waals surface area contributed by atoms with Crippen LogP contribution in [0.25, 0.3) is 0 Å². The minimum absolute atomic E-state index is 0.206. The Morgan fingerprint density at radius 1 is 1.05 bits per heavy atom. The summed E-state index contributed by atoms with van der Waals surface area (Å²) in [6, 6.07) is 6.11. The molecule has 42 heavy (non-hydrogen) atoms. The highest BCUT2D eigenvalue weighted by atomic mass is 32.9. The Morgan fingerprint density at radius 2 is 1.67 bits per heavy atom. The minimum Gasteiger partial charge on any atom is -0.478 e. The van der Waals surface area contributed by atoms with Crippen molar-refractivity contribution in [1.82, 2.24) is 0 Å². The molecule has 5 unspecified atom stereocenters. The zero-order chi connectivity index (χ0) is 32.0. The molecule has 3 N–H and O–H groups in total. The SMILES string of the molecule is C/C=C(\C)C(=O)O.CC1C(=O)c2sccc2C1C.O=PP(POOOO)P(=O)(OOOOOOO)P=O.c1ccsc1. The second-order valence-corrected chi connectivity index (χ2v) is 23.6. The first-order chi connectivity index (χ1) is 20.0. The monoisotopic (exact) mass is 732 g/mol. The van der Waals surface area contributed by atoms with Gasteiger partial charge in [-0.25, -0.2) is 15.3 Å². The predicted octanol–water partition coefficient (Wildman–Crippen LogP) is 8.55. The molecule has 0 saturated carbocycles. The van der Waals surface area contributed by atoms with Gasteiger partial charge in [0.25, 0.3) is 8.15 Å². The number of carbonyl (C=O) groups is 2. The minimum atomic E-state index is -4.16. The van der Waals surface area contributed by atoms with E-state index in [-0.39, 0.29) is 5.92 Å². The van der Waals surface area contributed by atoms with Crippen LogP contribution in [0.5, 0.6) is 0 Å². The summed E-state index contributed by atoms with van der Waals surface area (Å²) in [5, 5.41) is 52.9. The van der Waals surface area contributed by atoms with Gasteiger partial charge in [0.2, 0.25) is 0 Å². The van der Waals surface area contributed by atoms with Gasteiger partial charge in [-0.05, 0) is 82.8 Å². The number of aliphatic carboxylic acids is 1. The van der Waals surface area contributed by atoms with Gasteiger partial charge in [0.05, 0.1) is 4.88 Å². The highest BCUT2D eigenvalue weighted by Crippen LogP contribution is 2.95. The maximum absolute atomic E-state index is 11.8. The number of carboxylic acids is 1. The number of carboxylic acid groups (broad SMARTS) is 1. The number of ketones is 1. The molecule has 2 heterocycles. The van der Waals surface area contributed by atoms with E-state index in [2.05, 4.69) is 57.6 Å².